The number of aryl methyl sites for hydroxylation is 1. The smallest absolute Gasteiger partial charge is 0.348 e. The summed E-state index contributed by atoms with van der Waals surface area (Å²) in [4.78, 5) is 45.6. The second kappa shape index (κ2) is 10.1. The number of halogens is 2. The Hall–Kier alpha value is -2.95. The molecule has 9 nitrogen and oxygen atoms in total. The van der Waals surface area contributed by atoms with E-state index in [1.54, 1.807) is 13.8 Å². The summed E-state index contributed by atoms with van der Waals surface area (Å²) in [5.41, 5.74) is 6.91. The summed E-state index contributed by atoms with van der Waals surface area (Å²) in [6, 6.07) is 4.35. The first-order valence-electron chi connectivity index (χ1n) is 9.32. The summed E-state index contributed by atoms with van der Waals surface area (Å²) in [5, 5.41) is 3.52. The maximum atomic E-state index is 12.1. The fourth-order valence-corrected chi connectivity index (χ4v) is 4.16. The van der Waals surface area contributed by atoms with Crippen molar-refractivity contribution in [2.75, 3.05) is 18.9 Å². The number of fused-ring (bicyclic) bond motifs is 1. The number of nitrogens with one attached hydrogen (secondary N) is 1. The number of aromatic nitrogens is 2. The Bertz CT molecular complexity index is 1210. The highest BCUT2D eigenvalue weighted by molar-refractivity contribution is 7.20. The van der Waals surface area contributed by atoms with Gasteiger partial charge in [0.05, 0.1) is 22.0 Å². The van der Waals surface area contributed by atoms with E-state index in [0.717, 1.165) is 11.3 Å². The molecule has 0 saturated carbocycles. The van der Waals surface area contributed by atoms with Gasteiger partial charge in [0, 0.05) is 5.56 Å². The van der Waals surface area contributed by atoms with Crippen molar-refractivity contribution in [1.29, 1.82) is 0 Å². The summed E-state index contributed by atoms with van der Waals surface area (Å²) < 4.78 is 10.2. The topological polar surface area (TPSA) is 134 Å². The van der Waals surface area contributed by atoms with Crippen LogP contribution in [-0.4, -0.2) is 41.0 Å². The van der Waals surface area contributed by atoms with Gasteiger partial charge in [-0.25, -0.2) is 14.8 Å². The molecule has 1 aromatic carbocycles. The molecule has 0 saturated heterocycles. The van der Waals surface area contributed by atoms with E-state index in [9.17, 15) is 14.4 Å². The first kappa shape index (κ1) is 23.7. The predicted octanol–water partition coefficient (Wildman–Crippen LogP) is 3.54. The lowest BCUT2D eigenvalue weighted by atomic mass is 10.2. The summed E-state index contributed by atoms with van der Waals surface area (Å²) in [6.45, 7) is 3.07. The number of hydrogen-bond acceptors (Lipinski definition) is 9. The van der Waals surface area contributed by atoms with Crippen LogP contribution in [0.15, 0.2) is 18.2 Å². The van der Waals surface area contributed by atoms with E-state index in [-0.39, 0.29) is 42.0 Å². The highest BCUT2D eigenvalue weighted by Gasteiger charge is 2.21. The van der Waals surface area contributed by atoms with E-state index in [1.165, 1.54) is 18.2 Å². The molecule has 0 bridgehead atoms. The van der Waals surface area contributed by atoms with Gasteiger partial charge < -0.3 is 20.5 Å². The number of nitrogens with zero attached hydrogens (tertiary/aromatic N) is 2. The number of benzene rings is 1. The van der Waals surface area contributed by atoms with Gasteiger partial charge >= 0.3 is 11.9 Å². The lowest BCUT2D eigenvalue weighted by Crippen LogP contribution is -2.30. The van der Waals surface area contributed by atoms with E-state index in [1.807, 2.05) is 0 Å². The molecule has 0 radical (unpaired) electrons. The first-order chi connectivity index (χ1) is 15.2. The number of carbonyl (C=O) groups is 3. The molecule has 2 aromatic heterocycles. The zero-order valence-electron chi connectivity index (χ0n) is 17.0. The van der Waals surface area contributed by atoms with E-state index in [0.29, 0.717) is 25.7 Å². The number of amides is 1. The van der Waals surface area contributed by atoms with Crippen molar-refractivity contribution in [3.63, 3.8) is 0 Å². The van der Waals surface area contributed by atoms with Crippen LogP contribution < -0.4 is 11.1 Å². The second-order valence-electron chi connectivity index (χ2n) is 6.45. The van der Waals surface area contributed by atoms with Gasteiger partial charge in [0.1, 0.15) is 22.1 Å². The molecule has 0 spiro atoms. The Morgan fingerprint density at radius 1 is 1.16 bits per heavy atom. The average molecular weight is 497 g/mol. The van der Waals surface area contributed by atoms with Gasteiger partial charge in [-0.2, -0.15) is 0 Å². The van der Waals surface area contributed by atoms with E-state index in [2.05, 4.69) is 15.3 Å². The van der Waals surface area contributed by atoms with Gasteiger partial charge in [-0.05, 0) is 37.6 Å². The third kappa shape index (κ3) is 5.26. The number of hydrogen-bond donors (Lipinski definition) is 2. The number of ether oxygens (including phenoxy) is 2. The zero-order valence-corrected chi connectivity index (χ0v) is 19.4. The fraction of sp³-hybridized carbons (Fsp3) is 0.250. The number of anilines is 1. The Morgan fingerprint density at radius 3 is 2.59 bits per heavy atom. The van der Waals surface area contributed by atoms with E-state index < -0.39 is 17.8 Å². The van der Waals surface area contributed by atoms with Gasteiger partial charge in [-0.1, -0.05) is 23.2 Å². The van der Waals surface area contributed by atoms with Crippen molar-refractivity contribution in [3.05, 3.63) is 50.1 Å². The van der Waals surface area contributed by atoms with Gasteiger partial charge in [-0.3, -0.25) is 9.59 Å². The molecule has 0 aliphatic carbocycles. The van der Waals surface area contributed by atoms with Gasteiger partial charge in [0.15, 0.2) is 12.4 Å². The molecular weight excluding hydrogens is 479 g/mol. The molecule has 0 aliphatic heterocycles. The standard InChI is InChI=1S/C20H18Cl2N4O5S/c1-3-30-20(29)16-9(2)15-17(23)25-13(26-19(15)32-16)8-31-14(27)7-24-18(28)10-4-5-11(21)12(22)6-10/h4-6H,3,7-8H2,1-2H3,(H,24,28)(H2,23,25,26). The van der Waals surface area contributed by atoms with Crippen LogP contribution in [0, 0.1) is 6.92 Å². The summed E-state index contributed by atoms with van der Waals surface area (Å²) >= 11 is 12.8. The van der Waals surface area contributed by atoms with Crippen molar-refractivity contribution >= 4 is 68.4 Å². The molecule has 0 fully saturated rings. The normalized spacial score (nSPS) is 10.8. The molecule has 0 unspecified atom stereocenters. The third-order valence-corrected chi connectivity index (χ3v) is 6.17. The Balaban J connectivity index is 1.62. The van der Waals surface area contributed by atoms with Gasteiger partial charge in [0.25, 0.3) is 5.91 Å². The zero-order chi connectivity index (χ0) is 23.4. The minimum atomic E-state index is -0.699. The molecule has 3 rings (SSSR count). The molecular formula is C20H18Cl2N4O5S. The van der Waals surface area contributed by atoms with Crippen molar-refractivity contribution in [2.45, 2.75) is 20.5 Å². The molecule has 3 aromatic rings. The van der Waals surface area contributed by atoms with Gasteiger partial charge in [0.2, 0.25) is 0 Å². The maximum absolute atomic E-state index is 12.1. The molecule has 0 aliphatic rings. The number of esters is 2. The van der Waals surface area contributed by atoms with E-state index in [4.69, 9.17) is 38.4 Å². The minimum absolute atomic E-state index is 0.163. The predicted molar refractivity (Wildman–Crippen MR) is 121 cm³/mol. The monoisotopic (exact) mass is 496 g/mol. The van der Waals surface area contributed by atoms with Crippen LogP contribution in [0.3, 0.4) is 0 Å². The highest BCUT2D eigenvalue weighted by Crippen LogP contribution is 2.33. The Labute approximate surface area is 196 Å². The van der Waals surface area contributed by atoms with Crippen molar-refractivity contribution in [1.82, 2.24) is 15.3 Å². The molecule has 2 heterocycles. The number of rotatable bonds is 7. The Morgan fingerprint density at radius 2 is 1.91 bits per heavy atom. The average Bonchev–Trinajstić information content (AvgIpc) is 3.09. The van der Waals surface area contributed by atoms with Crippen LogP contribution in [0.1, 0.15) is 38.3 Å². The molecule has 0 atom stereocenters. The lowest BCUT2D eigenvalue weighted by Gasteiger charge is -2.07. The highest BCUT2D eigenvalue weighted by atomic mass is 35.5. The summed E-state index contributed by atoms with van der Waals surface area (Å²) in [7, 11) is 0. The fourth-order valence-electron chi connectivity index (χ4n) is 2.76. The lowest BCUT2D eigenvalue weighted by molar-refractivity contribution is -0.143. The molecule has 3 N–H and O–H groups in total. The number of carbonyl (C=O) groups excluding carboxylic acids is 3. The SMILES string of the molecule is CCOC(=O)c1sc2nc(COC(=O)CNC(=O)c3ccc(Cl)c(Cl)c3)nc(N)c2c1C. The van der Waals surface area contributed by atoms with Crippen LogP contribution in [0.2, 0.25) is 10.0 Å². The van der Waals surface area contributed by atoms with Crippen molar-refractivity contribution in [3.8, 4) is 0 Å². The summed E-state index contributed by atoms with van der Waals surface area (Å²) in [6.07, 6.45) is 0. The van der Waals surface area contributed by atoms with Crippen molar-refractivity contribution < 1.29 is 23.9 Å². The first-order valence-corrected chi connectivity index (χ1v) is 10.9. The second-order valence-corrected chi connectivity index (χ2v) is 8.27. The largest absolute Gasteiger partial charge is 0.462 e. The summed E-state index contributed by atoms with van der Waals surface area (Å²) in [5.74, 6) is -1.34. The van der Waals surface area contributed by atoms with Gasteiger partial charge in [-0.15, -0.1) is 11.3 Å². The number of nitrogen functional groups attached to an aromatic ring is 1. The quantitative estimate of drug-likeness (QED) is 0.474. The van der Waals surface area contributed by atoms with Crippen LogP contribution >= 0.6 is 34.5 Å². The number of nitrogens with two attached hydrogens (primary N) is 1. The Kier molecular flexibility index (Phi) is 7.49. The molecule has 12 heteroatoms. The number of thiophene rings is 1. The molecule has 1 amide bonds. The van der Waals surface area contributed by atoms with Crippen LogP contribution in [0.25, 0.3) is 10.2 Å². The van der Waals surface area contributed by atoms with E-state index >= 15 is 0 Å². The van der Waals surface area contributed by atoms with Crippen molar-refractivity contribution in [2.24, 2.45) is 0 Å². The molecule has 168 valence electrons. The van der Waals surface area contributed by atoms with Crippen LogP contribution in [-0.2, 0) is 20.9 Å². The van der Waals surface area contributed by atoms with Crippen LogP contribution in [0.5, 0.6) is 0 Å². The van der Waals surface area contributed by atoms with Crippen LogP contribution in [0.4, 0.5) is 5.82 Å². The third-order valence-electron chi connectivity index (χ3n) is 4.26. The molecule has 32 heavy (non-hydrogen) atoms. The maximum Gasteiger partial charge on any atom is 0.348 e. The minimum Gasteiger partial charge on any atom is -0.462 e.